The molecule has 1 amide bonds. The Balaban J connectivity index is 2.09. The smallest absolute Gasteiger partial charge is 0.262 e. The first-order valence-electron chi connectivity index (χ1n) is 8.96. The monoisotopic (exact) mass is 496 g/mol. The molecule has 12 heteroatoms. The van der Waals surface area contributed by atoms with Crippen molar-refractivity contribution >= 4 is 51.0 Å². The lowest BCUT2D eigenvalue weighted by molar-refractivity contribution is 0.102. The average Bonchev–Trinajstić information content (AvgIpc) is 2.74. The van der Waals surface area contributed by atoms with Crippen LogP contribution in [0.15, 0.2) is 52.4 Å². The molecule has 168 valence electrons. The molecule has 0 aliphatic heterocycles. The summed E-state index contributed by atoms with van der Waals surface area (Å²) in [5.41, 5.74) is 0.474. The number of sulfonamides is 1. The SMILES string of the molecule is CSc1ccc(-c2nc(NS(C)(=O)=O)c(C(=O)Nc3ccc(F)c(F)c3)c(SC)n2)cc1. The summed E-state index contributed by atoms with van der Waals surface area (Å²) in [4.78, 5) is 22.7. The fourth-order valence-corrected chi connectivity index (χ4v) is 4.16. The van der Waals surface area contributed by atoms with Gasteiger partial charge < -0.3 is 5.32 Å². The van der Waals surface area contributed by atoms with Gasteiger partial charge in [-0.2, -0.15) is 0 Å². The van der Waals surface area contributed by atoms with Crippen LogP contribution in [0.4, 0.5) is 20.3 Å². The Morgan fingerprint density at radius 1 is 0.969 bits per heavy atom. The number of hydrogen-bond donors (Lipinski definition) is 2. The van der Waals surface area contributed by atoms with Crippen molar-refractivity contribution in [2.75, 3.05) is 28.8 Å². The van der Waals surface area contributed by atoms with Crippen molar-refractivity contribution in [1.29, 1.82) is 0 Å². The second kappa shape index (κ2) is 9.84. The van der Waals surface area contributed by atoms with Gasteiger partial charge in [0.2, 0.25) is 10.0 Å². The van der Waals surface area contributed by atoms with E-state index >= 15 is 0 Å². The van der Waals surface area contributed by atoms with Crippen molar-refractivity contribution in [2.45, 2.75) is 9.92 Å². The van der Waals surface area contributed by atoms with Gasteiger partial charge in [0.15, 0.2) is 23.3 Å². The first kappa shape index (κ1) is 24.0. The Labute approximate surface area is 192 Å². The van der Waals surface area contributed by atoms with Crippen LogP contribution in [-0.4, -0.2) is 43.1 Å². The zero-order chi connectivity index (χ0) is 23.5. The van der Waals surface area contributed by atoms with Crippen molar-refractivity contribution in [2.24, 2.45) is 0 Å². The Hall–Kier alpha value is -2.70. The summed E-state index contributed by atoms with van der Waals surface area (Å²) < 4.78 is 52.9. The number of thioether (sulfide) groups is 2. The zero-order valence-corrected chi connectivity index (χ0v) is 19.6. The van der Waals surface area contributed by atoms with Gasteiger partial charge in [-0.1, -0.05) is 12.1 Å². The minimum atomic E-state index is -3.80. The summed E-state index contributed by atoms with van der Waals surface area (Å²) >= 11 is 2.67. The zero-order valence-electron chi connectivity index (χ0n) is 17.1. The number of anilines is 2. The third-order valence-electron chi connectivity index (χ3n) is 4.10. The van der Waals surface area contributed by atoms with E-state index in [2.05, 4.69) is 20.0 Å². The number of hydrogen-bond acceptors (Lipinski definition) is 7. The van der Waals surface area contributed by atoms with Crippen LogP contribution < -0.4 is 10.0 Å². The van der Waals surface area contributed by atoms with Gasteiger partial charge in [0, 0.05) is 22.2 Å². The third-order valence-corrected chi connectivity index (χ3v) is 6.09. The van der Waals surface area contributed by atoms with E-state index in [0.29, 0.717) is 5.56 Å². The van der Waals surface area contributed by atoms with Crippen LogP contribution in [0.5, 0.6) is 0 Å². The molecule has 0 radical (unpaired) electrons. The molecule has 1 aromatic heterocycles. The van der Waals surface area contributed by atoms with Crippen LogP contribution in [0.1, 0.15) is 10.4 Å². The van der Waals surface area contributed by atoms with Crippen LogP contribution in [0.3, 0.4) is 0 Å². The van der Waals surface area contributed by atoms with E-state index in [0.717, 1.165) is 35.0 Å². The molecule has 2 aromatic carbocycles. The molecular weight excluding hydrogens is 478 g/mol. The highest BCUT2D eigenvalue weighted by molar-refractivity contribution is 7.98. The second-order valence-corrected chi connectivity index (χ2v) is 9.89. The largest absolute Gasteiger partial charge is 0.322 e. The van der Waals surface area contributed by atoms with Crippen molar-refractivity contribution in [3.05, 3.63) is 59.7 Å². The number of amides is 1. The van der Waals surface area contributed by atoms with Gasteiger partial charge in [0.25, 0.3) is 5.91 Å². The van der Waals surface area contributed by atoms with E-state index in [1.54, 1.807) is 30.2 Å². The number of halogens is 2. The summed E-state index contributed by atoms with van der Waals surface area (Å²) in [5, 5.41) is 2.63. The molecule has 0 aliphatic carbocycles. The van der Waals surface area contributed by atoms with Crippen LogP contribution in [0, 0.1) is 11.6 Å². The standard InChI is InChI=1S/C20H18F2N4O3S3/c1-30-13-7-4-11(5-8-13)17-24-18(26-32(3,28)29)16(20(25-17)31-2)19(27)23-12-6-9-14(21)15(22)10-12/h4-10H,1-3H3,(H,23,27)(H,24,25,26). The Morgan fingerprint density at radius 2 is 1.66 bits per heavy atom. The van der Waals surface area contributed by atoms with E-state index in [1.165, 1.54) is 6.07 Å². The van der Waals surface area contributed by atoms with Crippen LogP contribution in [0.25, 0.3) is 11.4 Å². The van der Waals surface area contributed by atoms with Gasteiger partial charge in [-0.3, -0.25) is 9.52 Å². The number of benzene rings is 2. The van der Waals surface area contributed by atoms with Crippen molar-refractivity contribution in [3.63, 3.8) is 0 Å². The number of carbonyl (C=O) groups excluding carboxylic acids is 1. The number of nitrogens with zero attached hydrogens (tertiary/aromatic N) is 2. The topological polar surface area (TPSA) is 101 Å². The van der Waals surface area contributed by atoms with Crippen molar-refractivity contribution < 1.29 is 22.0 Å². The molecule has 3 aromatic rings. The average molecular weight is 497 g/mol. The molecule has 0 saturated heterocycles. The van der Waals surface area contributed by atoms with Crippen molar-refractivity contribution in [3.8, 4) is 11.4 Å². The minimum absolute atomic E-state index is 0.0111. The predicted molar refractivity (Wildman–Crippen MR) is 124 cm³/mol. The molecule has 3 rings (SSSR count). The van der Waals surface area contributed by atoms with Gasteiger partial charge >= 0.3 is 0 Å². The van der Waals surface area contributed by atoms with Gasteiger partial charge in [-0.25, -0.2) is 27.2 Å². The van der Waals surface area contributed by atoms with Crippen molar-refractivity contribution in [1.82, 2.24) is 9.97 Å². The summed E-state index contributed by atoms with van der Waals surface area (Å²) in [7, 11) is -3.80. The number of nitrogens with one attached hydrogen (secondary N) is 2. The first-order valence-corrected chi connectivity index (χ1v) is 13.3. The van der Waals surface area contributed by atoms with E-state index < -0.39 is 27.6 Å². The van der Waals surface area contributed by atoms with Gasteiger partial charge in [-0.15, -0.1) is 23.5 Å². The Morgan fingerprint density at radius 3 is 2.22 bits per heavy atom. The van der Waals surface area contributed by atoms with Crippen LogP contribution >= 0.6 is 23.5 Å². The normalized spacial score (nSPS) is 11.3. The number of aromatic nitrogens is 2. The summed E-state index contributed by atoms with van der Waals surface area (Å²) in [6.07, 6.45) is 4.53. The first-order chi connectivity index (χ1) is 15.1. The van der Waals surface area contributed by atoms with E-state index in [9.17, 15) is 22.0 Å². The molecule has 0 unspecified atom stereocenters. The fraction of sp³-hybridized carbons (Fsp3) is 0.150. The molecule has 0 bridgehead atoms. The van der Waals surface area contributed by atoms with Gasteiger partial charge in [0.05, 0.1) is 6.26 Å². The Bertz CT molecular complexity index is 1270. The van der Waals surface area contributed by atoms with Gasteiger partial charge in [0.1, 0.15) is 10.6 Å². The van der Waals surface area contributed by atoms with E-state index in [1.807, 2.05) is 18.4 Å². The van der Waals surface area contributed by atoms with Crippen LogP contribution in [0.2, 0.25) is 0 Å². The predicted octanol–water partition coefficient (Wildman–Crippen LogP) is 4.49. The maximum atomic E-state index is 13.5. The third kappa shape index (κ3) is 5.75. The molecule has 0 spiro atoms. The van der Waals surface area contributed by atoms with Gasteiger partial charge in [-0.05, 0) is 36.8 Å². The van der Waals surface area contributed by atoms with E-state index in [-0.39, 0.29) is 27.9 Å². The van der Waals surface area contributed by atoms with Crippen LogP contribution in [-0.2, 0) is 10.0 Å². The van der Waals surface area contributed by atoms with E-state index in [4.69, 9.17) is 0 Å². The lowest BCUT2D eigenvalue weighted by Crippen LogP contribution is -2.21. The molecule has 1 heterocycles. The lowest BCUT2D eigenvalue weighted by atomic mass is 10.2. The highest BCUT2D eigenvalue weighted by Crippen LogP contribution is 2.30. The second-order valence-electron chi connectivity index (χ2n) is 6.47. The lowest BCUT2D eigenvalue weighted by Gasteiger charge is -2.15. The fourth-order valence-electron chi connectivity index (χ4n) is 2.68. The molecule has 32 heavy (non-hydrogen) atoms. The highest BCUT2D eigenvalue weighted by atomic mass is 32.2. The summed E-state index contributed by atoms with van der Waals surface area (Å²) in [6, 6.07) is 10.2. The molecule has 2 N–H and O–H groups in total. The highest BCUT2D eigenvalue weighted by Gasteiger charge is 2.24. The molecule has 0 atom stereocenters. The minimum Gasteiger partial charge on any atom is -0.322 e. The number of carbonyl (C=O) groups is 1. The quantitative estimate of drug-likeness (QED) is 0.367. The summed E-state index contributed by atoms with van der Waals surface area (Å²) in [6.45, 7) is 0. The molecule has 0 saturated carbocycles. The molecule has 7 nitrogen and oxygen atoms in total. The summed E-state index contributed by atoms with van der Waals surface area (Å²) in [5.74, 6) is -2.99. The molecular formula is C20H18F2N4O3S3. The molecule has 0 fully saturated rings. The number of rotatable bonds is 7. The Kier molecular flexibility index (Phi) is 7.36. The maximum absolute atomic E-state index is 13.5. The molecule has 0 aliphatic rings. The maximum Gasteiger partial charge on any atom is 0.262 e.